The number of hydrogen-bond acceptors (Lipinski definition) is 3. The predicted molar refractivity (Wildman–Crippen MR) is 84.3 cm³/mol. The molecule has 0 heterocycles. The molecule has 1 fully saturated rings. The summed E-state index contributed by atoms with van der Waals surface area (Å²) in [7, 11) is 1.98. The number of hydrogen-bond donors (Lipinski definition) is 1. The highest BCUT2D eigenvalue weighted by Crippen LogP contribution is 2.17. The molecule has 0 bridgehead atoms. The zero-order chi connectivity index (χ0) is 15.1. The summed E-state index contributed by atoms with van der Waals surface area (Å²) in [4.78, 5) is 14.0. The van der Waals surface area contributed by atoms with Crippen molar-refractivity contribution in [1.82, 2.24) is 10.2 Å². The minimum absolute atomic E-state index is 0.135. The van der Waals surface area contributed by atoms with E-state index < -0.39 is 0 Å². The lowest BCUT2D eigenvalue weighted by molar-refractivity contribution is -0.122. The second kappa shape index (κ2) is 8.03. The van der Waals surface area contributed by atoms with Crippen LogP contribution >= 0.6 is 0 Å². The Bertz CT molecular complexity index is 439. The average molecular weight is 290 g/mol. The Morgan fingerprint density at radius 1 is 1.29 bits per heavy atom. The van der Waals surface area contributed by atoms with Gasteiger partial charge in [-0.15, -0.1) is 0 Å². The van der Waals surface area contributed by atoms with Gasteiger partial charge in [-0.05, 0) is 44.5 Å². The van der Waals surface area contributed by atoms with Crippen LogP contribution < -0.4 is 10.1 Å². The van der Waals surface area contributed by atoms with Crippen molar-refractivity contribution in [2.75, 3.05) is 20.2 Å². The third-order valence-electron chi connectivity index (χ3n) is 3.82. The molecule has 1 aliphatic rings. The Morgan fingerprint density at radius 3 is 2.57 bits per heavy atom. The standard InChI is InChI=1S/C17H26N2O2/c1-3-21-16-10-8-14(9-11-16)12-19(2)13-17(20)18-15-6-4-5-7-15/h8-11,15H,3-7,12-13H2,1-2H3,(H,18,20). The quantitative estimate of drug-likeness (QED) is 0.839. The molecule has 0 unspecified atom stereocenters. The summed E-state index contributed by atoms with van der Waals surface area (Å²) >= 11 is 0. The van der Waals surface area contributed by atoms with E-state index in [-0.39, 0.29) is 5.91 Å². The minimum atomic E-state index is 0.135. The summed E-state index contributed by atoms with van der Waals surface area (Å²) in [6.07, 6.45) is 4.75. The molecule has 0 spiro atoms. The zero-order valence-corrected chi connectivity index (χ0v) is 13.1. The summed E-state index contributed by atoms with van der Waals surface area (Å²) in [5.74, 6) is 1.03. The van der Waals surface area contributed by atoms with Crippen LogP contribution in [0, 0.1) is 0 Å². The number of ether oxygens (including phenoxy) is 1. The molecule has 1 aromatic carbocycles. The number of carbonyl (C=O) groups excluding carboxylic acids is 1. The van der Waals surface area contributed by atoms with E-state index in [9.17, 15) is 4.79 Å². The van der Waals surface area contributed by atoms with E-state index in [4.69, 9.17) is 4.74 Å². The predicted octanol–water partition coefficient (Wildman–Crippen LogP) is 2.58. The van der Waals surface area contributed by atoms with Crippen LogP contribution in [0.15, 0.2) is 24.3 Å². The van der Waals surface area contributed by atoms with Crippen LogP contribution in [-0.2, 0) is 11.3 Å². The summed E-state index contributed by atoms with van der Waals surface area (Å²) in [5.41, 5.74) is 1.19. The molecular weight excluding hydrogens is 264 g/mol. The van der Waals surface area contributed by atoms with Crippen molar-refractivity contribution >= 4 is 5.91 Å². The van der Waals surface area contributed by atoms with Gasteiger partial charge >= 0.3 is 0 Å². The molecule has 1 N–H and O–H groups in total. The molecule has 0 radical (unpaired) electrons. The van der Waals surface area contributed by atoms with Gasteiger partial charge in [0.2, 0.25) is 5.91 Å². The van der Waals surface area contributed by atoms with Gasteiger partial charge in [-0.2, -0.15) is 0 Å². The maximum atomic E-state index is 12.0. The van der Waals surface area contributed by atoms with Crippen molar-refractivity contribution in [2.45, 2.75) is 45.2 Å². The third-order valence-corrected chi connectivity index (χ3v) is 3.82. The molecule has 0 atom stereocenters. The maximum absolute atomic E-state index is 12.0. The lowest BCUT2D eigenvalue weighted by atomic mass is 10.2. The normalized spacial score (nSPS) is 15.4. The van der Waals surface area contributed by atoms with Gasteiger partial charge in [0.15, 0.2) is 0 Å². The van der Waals surface area contributed by atoms with Crippen LogP contribution in [0.1, 0.15) is 38.2 Å². The van der Waals surface area contributed by atoms with Gasteiger partial charge in [-0.3, -0.25) is 9.69 Å². The van der Waals surface area contributed by atoms with Crippen LogP contribution in [0.25, 0.3) is 0 Å². The molecule has 1 aromatic rings. The average Bonchev–Trinajstić information content (AvgIpc) is 2.93. The fourth-order valence-corrected chi connectivity index (χ4v) is 2.81. The van der Waals surface area contributed by atoms with E-state index >= 15 is 0 Å². The fourth-order valence-electron chi connectivity index (χ4n) is 2.81. The van der Waals surface area contributed by atoms with E-state index in [0.717, 1.165) is 25.1 Å². The molecule has 1 saturated carbocycles. The smallest absolute Gasteiger partial charge is 0.234 e. The largest absolute Gasteiger partial charge is 0.494 e. The highest BCUT2D eigenvalue weighted by Gasteiger charge is 2.17. The van der Waals surface area contributed by atoms with Crippen LogP contribution in [0.5, 0.6) is 5.75 Å². The Kier molecular flexibility index (Phi) is 6.05. The van der Waals surface area contributed by atoms with Gasteiger partial charge < -0.3 is 10.1 Å². The van der Waals surface area contributed by atoms with Gasteiger partial charge in [0.05, 0.1) is 13.2 Å². The minimum Gasteiger partial charge on any atom is -0.494 e. The number of amides is 1. The molecule has 1 aliphatic carbocycles. The van der Waals surface area contributed by atoms with E-state index in [1.165, 1.54) is 18.4 Å². The monoisotopic (exact) mass is 290 g/mol. The van der Waals surface area contributed by atoms with Gasteiger partial charge in [0.1, 0.15) is 5.75 Å². The first-order valence-corrected chi connectivity index (χ1v) is 7.87. The number of likely N-dealkylation sites (N-methyl/N-ethyl adjacent to an activating group) is 1. The van der Waals surface area contributed by atoms with Crippen molar-refractivity contribution in [3.63, 3.8) is 0 Å². The van der Waals surface area contributed by atoms with Crippen molar-refractivity contribution < 1.29 is 9.53 Å². The topological polar surface area (TPSA) is 41.6 Å². The lowest BCUT2D eigenvalue weighted by Gasteiger charge is -2.18. The zero-order valence-electron chi connectivity index (χ0n) is 13.1. The maximum Gasteiger partial charge on any atom is 0.234 e. The molecule has 1 amide bonds. The summed E-state index contributed by atoms with van der Waals surface area (Å²) in [6.45, 7) is 3.87. The van der Waals surface area contributed by atoms with E-state index in [1.807, 2.05) is 31.0 Å². The number of nitrogens with zero attached hydrogens (tertiary/aromatic N) is 1. The van der Waals surface area contributed by atoms with Crippen LogP contribution in [0.2, 0.25) is 0 Å². The summed E-state index contributed by atoms with van der Waals surface area (Å²) in [5, 5.41) is 3.12. The molecule has 116 valence electrons. The first-order chi connectivity index (χ1) is 10.2. The number of benzene rings is 1. The van der Waals surface area contributed by atoms with Crippen LogP contribution in [0.4, 0.5) is 0 Å². The van der Waals surface area contributed by atoms with Gasteiger partial charge in [0, 0.05) is 12.6 Å². The van der Waals surface area contributed by atoms with Gasteiger partial charge in [-0.1, -0.05) is 25.0 Å². The van der Waals surface area contributed by atoms with E-state index in [2.05, 4.69) is 17.4 Å². The molecule has 0 saturated heterocycles. The second-order valence-electron chi connectivity index (χ2n) is 5.80. The highest BCUT2D eigenvalue weighted by molar-refractivity contribution is 5.78. The molecule has 4 nitrogen and oxygen atoms in total. The Labute approximate surface area is 127 Å². The van der Waals surface area contributed by atoms with Crippen LogP contribution in [-0.4, -0.2) is 37.0 Å². The molecule has 21 heavy (non-hydrogen) atoms. The van der Waals surface area contributed by atoms with Crippen molar-refractivity contribution in [2.24, 2.45) is 0 Å². The van der Waals surface area contributed by atoms with Crippen LogP contribution in [0.3, 0.4) is 0 Å². The van der Waals surface area contributed by atoms with E-state index in [1.54, 1.807) is 0 Å². The van der Waals surface area contributed by atoms with Crippen molar-refractivity contribution in [3.8, 4) is 5.75 Å². The first-order valence-electron chi connectivity index (χ1n) is 7.87. The Morgan fingerprint density at radius 2 is 1.95 bits per heavy atom. The first kappa shape index (κ1) is 15.8. The highest BCUT2D eigenvalue weighted by atomic mass is 16.5. The van der Waals surface area contributed by atoms with Gasteiger partial charge in [-0.25, -0.2) is 0 Å². The number of nitrogens with one attached hydrogen (secondary N) is 1. The van der Waals surface area contributed by atoms with Gasteiger partial charge in [0.25, 0.3) is 0 Å². The lowest BCUT2D eigenvalue weighted by Crippen LogP contribution is -2.39. The molecule has 2 rings (SSSR count). The van der Waals surface area contributed by atoms with Crippen molar-refractivity contribution in [3.05, 3.63) is 29.8 Å². The Balaban J connectivity index is 1.75. The second-order valence-corrected chi connectivity index (χ2v) is 5.80. The third kappa shape index (κ3) is 5.38. The number of rotatable bonds is 7. The molecule has 0 aliphatic heterocycles. The van der Waals surface area contributed by atoms with Crippen molar-refractivity contribution in [1.29, 1.82) is 0 Å². The summed E-state index contributed by atoms with van der Waals surface area (Å²) < 4.78 is 5.43. The molecule has 4 heteroatoms. The van der Waals surface area contributed by atoms with E-state index in [0.29, 0.717) is 19.2 Å². The molecule has 0 aromatic heterocycles. The fraction of sp³-hybridized carbons (Fsp3) is 0.588. The number of carbonyl (C=O) groups is 1. The Hall–Kier alpha value is -1.55. The molecular formula is C17H26N2O2. The summed E-state index contributed by atoms with van der Waals surface area (Å²) in [6, 6.07) is 8.46. The SMILES string of the molecule is CCOc1ccc(CN(C)CC(=O)NC2CCCC2)cc1.